The molecule has 1 aromatic rings. The summed E-state index contributed by atoms with van der Waals surface area (Å²) < 4.78 is 7.79. The van der Waals surface area contributed by atoms with Crippen LogP contribution in [0.3, 0.4) is 0 Å². The number of nitrogens with zero attached hydrogens (tertiary/aromatic N) is 4. The maximum atomic E-state index is 5.83. The second-order valence-electron chi connectivity index (χ2n) is 5.09. The van der Waals surface area contributed by atoms with E-state index in [9.17, 15) is 0 Å². The van der Waals surface area contributed by atoms with E-state index in [-0.39, 0.29) is 6.10 Å². The first-order valence-electron chi connectivity index (χ1n) is 6.54. The summed E-state index contributed by atoms with van der Waals surface area (Å²) in [6, 6.07) is 0.773. The Labute approximate surface area is 102 Å². The van der Waals surface area contributed by atoms with Gasteiger partial charge in [0.05, 0.1) is 6.61 Å². The topological polar surface area (TPSA) is 43.2 Å². The first-order valence-corrected chi connectivity index (χ1v) is 6.54. The zero-order chi connectivity index (χ0) is 11.7. The molecule has 5 heteroatoms. The molecule has 1 saturated heterocycles. The minimum Gasteiger partial charge on any atom is -0.368 e. The number of aryl methyl sites for hydroxylation is 1. The van der Waals surface area contributed by atoms with Crippen molar-refractivity contribution in [1.82, 2.24) is 19.7 Å². The van der Waals surface area contributed by atoms with Crippen LogP contribution < -0.4 is 0 Å². The normalized spacial score (nSPS) is 27.7. The fraction of sp³-hybridized carbons (Fsp3) is 0.833. The molecule has 1 aromatic heterocycles. The Morgan fingerprint density at radius 2 is 2.18 bits per heavy atom. The van der Waals surface area contributed by atoms with E-state index in [0.717, 1.165) is 31.6 Å². The van der Waals surface area contributed by atoms with Crippen LogP contribution in [0.2, 0.25) is 0 Å². The summed E-state index contributed by atoms with van der Waals surface area (Å²) in [7, 11) is 1.98. The van der Waals surface area contributed by atoms with E-state index in [1.807, 2.05) is 11.6 Å². The van der Waals surface area contributed by atoms with Crippen molar-refractivity contribution in [3.63, 3.8) is 0 Å². The smallest absolute Gasteiger partial charge is 0.163 e. The Balaban J connectivity index is 1.69. The molecule has 17 heavy (non-hydrogen) atoms. The van der Waals surface area contributed by atoms with E-state index in [4.69, 9.17) is 4.74 Å². The summed E-state index contributed by atoms with van der Waals surface area (Å²) in [5.41, 5.74) is 0. The molecule has 2 heterocycles. The van der Waals surface area contributed by atoms with Crippen LogP contribution >= 0.6 is 0 Å². The molecule has 94 valence electrons. The highest BCUT2D eigenvalue weighted by Gasteiger charge is 2.30. The largest absolute Gasteiger partial charge is 0.368 e. The van der Waals surface area contributed by atoms with Crippen LogP contribution in [0.5, 0.6) is 0 Å². The Kier molecular flexibility index (Phi) is 3.11. The maximum absolute atomic E-state index is 5.83. The summed E-state index contributed by atoms with van der Waals surface area (Å²) in [5, 5.41) is 8.10. The SMILES string of the molecule is Cn1cnnc1C1CN(C2CCCC2)CCO1. The second kappa shape index (κ2) is 4.74. The van der Waals surface area contributed by atoms with Crippen molar-refractivity contribution in [3.05, 3.63) is 12.2 Å². The predicted octanol–water partition coefficient (Wildman–Crippen LogP) is 1.13. The number of aromatic nitrogens is 3. The lowest BCUT2D eigenvalue weighted by Crippen LogP contribution is -2.44. The van der Waals surface area contributed by atoms with Crippen molar-refractivity contribution in [2.75, 3.05) is 19.7 Å². The molecule has 1 saturated carbocycles. The molecular formula is C12H20N4O. The van der Waals surface area contributed by atoms with Crippen LogP contribution in [0, 0.1) is 0 Å². The molecule has 0 radical (unpaired) electrons. The lowest BCUT2D eigenvalue weighted by molar-refractivity contribution is -0.0492. The third kappa shape index (κ3) is 2.21. The van der Waals surface area contributed by atoms with Gasteiger partial charge < -0.3 is 9.30 Å². The van der Waals surface area contributed by atoms with Crippen LogP contribution in [0.4, 0.5) is 0 Å². The van der Waals surface area contributed by atoms with Gasteiger partial charge in [-0.2, -0.15) is 0 Å². The zero-order valence-electron chi connectivity index (χ0n) is 10.4. The van der Waals surface area contributed by atoms with Crippen LogP contribution in [0.15, 0.2) is 6.33 Å². The summed E-state index contributed by atoms with van der Waals surface area (Å²) in [6.07, 6.45) is 7.31. The monoisotopic (exact) mass is 236 g/mol. The van der Waals surface area contributed by atoms with Crippen molar-refractivity contribution < 1.29 is 4.74 Å². The molecule has 0 N–H and O–H groups in total. The lowest BCUT2D eigenvalue weighted by Gasteiger charge is -2.36. The molecule has 3 rings (SSSR count). The fourth-order valence-corrected chi connectivity index (χ4v) is 3.01. The Hall–Kier alpha value is -0.940. The Morgan fingerprint density at radius 1 is 1.35 bits per heavy atom. The van der Waals surface area contributed by atoms with E-state index in [2.05, 4.69) is 15.1 Å². The third-order valence-corrected chi connectivity index (χ3v) is 3.97. The Bertz CT molecular complexity index is 372. The zero-order valence-corrected chi connectivity index (χ0v) is 10.4. The molecule has 0 aromatic carbocycles. The summed E-state index contributed by atoms with van der Waals surface area (Å²) in [6.45, 7) is 2.85. The predicted molar refractivity (Wildman–Crippen MR) is 63.5 cm³/mol. The van der Waals surface area contributed by atoms with Gasteiger partial charge in [0.2, 0.25) is 0 Å². The second-order valence-corrected chi connectivity index (χ2v) is 5.09. The molecule has 1 unspecified atom stereocenters. The highest BCUT2D eigenvalue weighted by atomic mass is 16.5. The molecule has 0 amide bonds. The number of hydrogen-bond acceptors (Lipinski definition) is 4. The van der Waals surface area contributed by atoms with Gasteiger partial charge in [0.1, 0.15) is 12.4 Å². The summed E-state index contributed by atoms with van der Waals surface area (Å²) >= 11 is 0. The van der Waals surface area contributed by atoms with E-state index in [0.29, 0.717) is 0 Å². The van der Waals surface area contributed by atoms with Gasteiger partial charge in [-0.3, -0.25) is 4.90 Å². The van der Waals surface area contributed by atoms with E-state index in [1.165, 1.54) is 25.7 Å². The van der Waals surface area contributed by atoms with Gasteiger partial charge >= 0.3 is 0 Å². The van der Waals surface area contributed by atoms with Gasteiger partial charge in [-0.05, 0) is 12.8 Å². The molecule has 2 fully saturated rings. The molecule has 2 aliphatic rings. The van der Waals surface area contributed by atoms with Crippen molar-refractivity contribution in [2.24, 2.45) is 7.05 Å². The minimum absolute atomic E-state index is 0.0943. The van der Waals surface area contributed by atoms with Crippen molar-refractivity contribution in [2.45, 2.75) is 37.8 Å². The van der Waals surface area contributed by atoms with Gasteiger partial charge in [-0.25, -0.2) is 0 Å². The van der Waals surface area contributed by atoms with Gasteiger partial charge in [-0.1, -0.05) is 12.8 Å². The number of hydrogen-bond donors (Lipinski definition) is 0. The van der Waals surface area contributed by atoms with Crippen molar-refractivity contribution in [3.8, 4) is 0 Å². The van der Waals surface area contributed by atoms with Gasteiger partial charge in [0, 0.05) is 26.2 Å². The summed E-state index contributed by atoms with van der Waals surface area (Å²) in [5.74, 6) is 0.952. The molecule has 1 atom stereocenters. The van der Waals surface area contributed by atoms with Gasteiger partial charge in [-0.15, -0.1) is 10.2 Å². The average Bonchev–Trinajstić information content (AvgIpc) is 2.99. The first-order chi connectivity index (χ1) is 8.34. The Morgan fingerprint density at radius 3 is 2.88 bits per heavy atom. The van der Waals surface area contributed by atoms with E-state index in [1.54, 1.807) is 6.33 Å². The van der Waals surface area contributed by atoms with Crippen molar-refractivity contribution in [1.29, 1.82) is 0 Å². The first kappa shape index (κ1) is 11.2. The van der Waals surface area contributed by atoms with E-state index < -0.39 is 0 Å². The third-order valence-electron chi connectivity index (χ3n) is 3.97. The lowest BCUT2D eigenvalue weighted by atomic mass is 10.1. The molecule has 0 bridgehead atoms. The quantitative estimate of drug-likeness (QED) is 0.772. The number of ether oxygens (including phenoxy) is 1. The minimum atomic E-state index is 0.0943. The van der Waals surface area contributed by atoms with Crippen LogP contribution in [-0.4, -0.2) is 45.4 Å². The molecule has 5 nitrogen and oxygen atoms in total. The standard InChI is InChI=1S/C12H20N4O/c1-15-9-13-14-12(15)11-8-16(6-7-17-11)10-4-2-3-5-10/h9-11H,2-8H2,1H3. The highest BCUT2D eigenvalue weighted by Crippen LogP contribution is 2.28. The van der Waals surface area contributed by atoms with Crippen LogP contribution in [0.1, 0.15) is 37.6 Å². The van der Waals surface area contributed by atoms with Gasteiger partial charge in [0.15, 0.2) is 5.82 Å². The average molecular weight is 236 g/mol. The van der Waals surface area contributed by atoms with Crippen LogP contribution in [0.25, 0.3) is 0 Å². The molecule has 1 aliphatic heterocycles. The number of rotatable bonds is 2. The molecule has 0 spiro atoms. The maximum Gasteiger partial charge on any atom is 0.163 e. The van der Waals surface area contributed by atoms with Crippen LogP contribution in [-0.2, 0) is 11.8 Å². The highest BCUT2D eigenvalue weighted by molar-refractivity contribution is 4.95. The van der Waals surface area contributed by atoms with E-state index >= 15 is 0 Å². The van der Waals surface area contributed by atoms with Gasteiger partial charge in [0.25, 0.3) is 0 Å². The molecular weight excluding hydrogens is 216 g/mol. The molecule has 1 aliphatic carbocycles. The van der Waals surface area contributed by atoms with Crippen molar-refractivity contribution >= 4 is 0 Å². The summed E-state index contributed by atoms with van der Waals surface area (Å²) in [4.78, 5) is 2.58. The number of morpholine rings is 1. The fourth-order valence-electron chi connectivity index (χ4n) is 3.01.